The van der Waals surface area contributed by atoms with Crippen LogP contribution in [0, 0.1) is 11.8 Å². The number of nitrogens with zero attached hydrogens (tertiary/aromatic N) is 2. The molecule has 3 atom stereocenters. The highest BCUT2D eigenvalue weighted by Crippen LogP contribution is 2.45. The van der Waals surface area contributed by atoms with Crippen LogP contribution in [0.25, 0.3) is 0 Å². The summed E-state index contributed by atoms with van der Waals surface area (Å²) in [6, 6.07) is 3.41. The molecular weight excluding hydrogens is 344 g/mol. The summed E-state index contributed by atoms with van der Waals surface area (Å²) in [5.74, 6) is -0.164. The van der Waals surface area contributed by atoms with Gasteiger partial charge in [-0.25, -0.2) is 4.98 Å². The summed E-state index contributed by atoms with van der Waals surface area (Å²) in [5, 5.41) is 11.0. The van der Waals surface area contributed by atoms with Crippen molar-refractivity contribution in [2.75, 3.05) is 14.2 Å². The number of carbonyl (C=O) groups excluding carboxylic acids is 2. The molecular formula is C21H24N2O4. The van der Waals surface area contributed by atoms with Gasteiger partial charge in [0.1, 0.15) is 17.6 Å². The molecule has 0 fully saturated rings. The molecule has 1 aromatic heterocycles. The van der Waals surface area contributed by atoms with E-state index >= 15 is 0 Å². The van der Waals surface area contributed by atoms with Crippen LogP contribution in [0.2, 0.25) is 0 Å². The number of Topliss-reactive ketones (excluding diaryl/α,β-unsaturated/α-hetero) is 1. The number of methoxy groups -OCH3 is 1. The highest BCUT2D eigenvalue weighted by Gasteiger charge is 2.44. The van der Waals surface area contributed by atoms with Crippen LogP contribution in [-0.4, -0.2) is 46.8 Å². The van der Waals surface area contributed by atoms with Crippen LogP contribution in [-0.2, 0) is 4.79 Å². The summed E-state index contributed by atoms with van der Waals surface area (Å²) in [4.78, 5) is 30.6. The Hall–Kier alpha value is -2.73. The summed E-state index contributed by atoms with van der Waals surface area (Å²) in [6.07, 6.45) is 5.82. The van der Waals surface area contributed by atoms with E-state index in [9.17, 15) is 14.7 Å². The summed E-state index contributed by atoms with van der Waals surface area (Å²) in [7, 11) is 3.30. The molecule has 2 heterocycles. The van der Waals surface area contributed by atoms with Crippen molar-refractivity contribution >= 4 is 12.1 Å². The van der Waals surface area contributed by atoms with E-state index in [-0.39, 0.29) is 23.3 Å². The predicted octanol–water partition coefficient (Wildman–Crippen LogP) is 2.52. The minimum absolute atomic E-state index is 0.116. The van der Waals surface area contributed by atoms with E-state index in [1.54, 1.807) is 43.3 Å². The van der Waals surface area contributed by atoms with Crippen molar-refractivity contribution < 1.29 is 19.4 Å². The number of likely N-dealkylation sites (N-methyl/N-ethyl adjacent to an activating group) is 1. The van der Waals surface area contributed by atoms with Crippen molar-refractivity contribution in [3.63, 3.8) is 0 Å². The van der Waals surface area contributed by atoms with Crippen molar-refractivity contribution in [2.24, 2.45) is 11.8 Å². The van der Waals surface area contributed by atoms with E-state index in [4.69, 9.17) is 4.74 Å². The van der Waals surface area contributed by atoms with Crippen LogP contribution in [0.15, 0.2) is 53.0 Å². The Balaban J connectivity index is 2.07. The molecule has 27 heavy (non-hydrogen) atoms. The van der Waals surface area contributed by atoms with E-state index < -0.39 is 5.60 Å². The van der Waals surface area contributed by atoms with Crippen molar-refractivity contribution in [1.29, 1.82) is 0 Å². The standard InChI is InChI=1S/C21H24N2O4/c1-12-10-15(20(25)18-16(27-5)7-6-8-22-18)23(4)19-13(2)9-14(11-24)21(3,26)17(12)19/h6-13,26H,1-5H3. The largest absolute Gasteiger partial charge is 0.494 e. The third kappa shape index (κ3) is 2.90. The number of ketones is 1. The zero-order valence-electron chi connectivity index (χ0n) is 16.2. The minimum atomic E-state index is -1.37. The number of rotatable bonds is 4. The fourth-order valence-corrected chi connectivity index (χ4v) is 4.11. The first kappa shape index (κ1) is 19.0. The molecule has 3 rings (SSSR count). The molecule has 0 bridgehead atoms. The van der Waals surface area contributed by atoms with Gasteiger partial charge in [-0.05, 0) is 30.7 Å². The lowest BCUT2D eigenvalue weighted by molar-refractivity contribution is -0.106. The Labute approximate surface area is 158 Å². The fourth-order valence-electron chi connectivity index (χ4n) is 4.11. The molecule has 0 saturated carbocycles. The number of ether oxygens (including phenoxy) is 1. The van der Waals surface area contributed by atoms with Crippen LogP contribution in [0.5, 0.6) is 5.75 Å². The normalized spacial score (nSPS) is 27.6. The van der Waals surface area contributed by atoms with Gasteiger partial charge in [-0.15, -0.1) is 0 Å². The predicted molar refractivity (Wildman–Crippen MR) is 101 cm³/mol. The topological polar surface area (TPSA) is 79.7 Å². The lowest BCUT2D eigenvalue weighted by Crippen LogP contribution is -2.44. The Kier molecular flexibility index (Phi) is 4.78. The Morgan fingerprint density at radius 1 is 1.33 bits per heavy atom. The second-order valence-electron chi connectivity index (χ2n) is 7.18. The summed E-state index contributed by atoms with van der Waals surface area (Å²) < 4.78 is 5.28. The lowest BCUT2D eigenvalue weighted by Gasteiger charge is -2.44. The molecule has 6 nitrogen and oxygen atoms in total. The maximum Gasteiger partial charge on any atom is 0.231 e. The summed E-state index contributed by atoms with van der Waals surface area (Å²) in [5.41, 5.74) is 1.27. The molecule has 1 aliphatic carbocycles. The van der Waals surface area contributed by atoms with Crippen LogP contribution in [0.1, 0.15) is 31.3 Å². The minimum Gasteiger partial charge on any atom is -0.494 e. The smallest absolute Gasteiger partial charge is 0.231 e. The molecule has 3 unspecified atom stereocenters. The van der Waals surface area contributed by atoms with Crippen molar-refractivity contribution in [3.8, 4) is 5.75 Å². The van der Waals surface area contributed by atoms with Gasteiger partial charge >= 0.3 is 0 Å². The van der Waals surface area contributed by atoms with Gasteiger partial charge in [0, 0.05) is 36.4 Å². The van der Waals surface area contributed by atoms with Gasteiger partial charge in [0.05, 0.1) is 12.8 Å². The number of allylic oxidation sites excluding steroid dienone is 3. The molecule has 0 amide bonds. The summed E-state index contributed by atoms with van der Waals surface area (Å²) >= 11 is 0. The van der Waals surface area contributed by atoms with Crippen molar-refractivity contribution in [3.05, 3.63) is 58.7 Å². The first-order chi connectivity index (χ1) is 12.7. The Morgan fingerprint density at radius 2 is 2.04 bits per heavy atom. The summed E-state index contributed by atoms with van der Waals surface area (Å²) in [6.45, 7) is 5.49. The number of aromatic nitrogens is 1. The van der Waals surface area contributed by atoms with E-state index in [2.05, 4.69) is 4.98 Å². The molecule has 6 heteroatoms. The number of hydrogen-bond acceptors (Lipinski definition) is 6. The number of aliphatic hydroxyl groups is 1. The molecule has 0 radical (unpaired) electrons. The van der Waals surface area contributed by atoms with E-state index in [1.807, 2.05) is 19.9 Å². The SMILES string of the molecule is COc1cccnc1C(=O)C1=CC(C)C2=C(C(C)C=C(C=O)C2(C)O)N1C. The highest BCUT2D eigenvalue weighted by atomic mass is 16.5. The van der Waals surface area contributed by atoms with Gasteiger partial charge in [0.2, 0.25) is 5.78 Å². The highest BCUT2D eigenvalue weighted by molar-refractivity contribution is 6.09. The average molecular weight is 368 g/mol. The van der Waals surface area contributed by atoms with Crippen LogP contribution < -0.4 is 4.74 Å². The molecule has 0 aromatic carbocycles. The zero-order chi connectivity index (χ0) is 19.9. The lowest BCUT2D eigenvalue weighted by atomic mass is 9.71. The van der Waals surface area contributed by atoms with Crippen molar-refractivity contribution in [1.82, 2.24) is 9.88 Å². The molecule has 0 saturated heterocycles. The van der Waals surface area contributed by atoms with Gasteiger partial charge in [0.25, 0.3) is 0 Å². The maximum absolute atomic E-state index is 13.2. The van der Waals surface area contributed by atoms with Gasteiger partial charge in [0.15, 0.2) is 5.69 Å². The zero-order valence-corrected chi connectivity index (χ0v) is 16.2. The maximum atomic E-state index is 13.2. The first-order valence-electron chi connectivity index (χ1n) is 8.87. The van der Waals surface area contributed by atoms with Gasteiger partial charge in [-0.3, -0.25) is 9.59 Å². The van der Waals surface area contributed by atoms with Crippen LogP contribution >= 0.6 is 0 Å². The van der Waals surface area contributed by atoms with Crippen molar-refractivity contribution in [2.45, 2.75) is 26.4 Å². The van der Waals surface area contributed by atoms with E-state index in [0.717, 1.165) is 11.3 Å². The van der Waals surface area contributed by atoms with Gasteiger partial charge < -0.3 is 14.7 Å². The van der Waals surface area contributed by atoms with E-state index in [1.165, 1.54) is 7.11 Å². The van der Waals surface area contributed by atoms with Gasteiger partial charge in [-0.2, -0.15) is 0 Å². The van der Waals surface area contributed by atoms with E-state index in [0.29, 0.717) is 23.3 Å². The van der Waals surface area contributed by atoms with Crippen LogP contribution in [0.4, 0.5) is 0 Å². The third-order valence-electron chi connectivity index (χ3n) is 5.37. The van der Waals surface area contributed by atoms with Gasteiger partial charge in [-0.1, -0.05) is 19.9 Å². The number of aldehydes is 1. The molecule has 2 aliphatic rings. The molecule has 1 N–H and O–H groups in total. The second-order valence-corrected chi connectivity index (χ2v) is 7.18. The molecule has 1 aromatic rings. The molecule has 142 valence electrons. The van der Waals surface area contributed by atoms with Crippen LogP contribution in [0.3, 0.4) is 0 Å². The monoisotopic (exact) mass is 368 g/mol. The average Bonchev–Trinajstić information content (AvgIpc) is 2.65. The third-order valence-corrected chi connectivity index (χ3v) is 5.37. The first-order valence-corrected chi connectivity index (χ1v) is 8.87. The molecule has 1 aliphatic heterocycles. The second kappa shape index (κ2) is 6.78. The Bertz CT molecular complexity index is 895. The number of carbonyl (C=O) groups is 2. The quantitative estimate of drug-likeness (QED) is 0.650. The molecule has 0 spiro atoms. The number of pyridine rings is 1. The Morgan fingerprint density at radius 3 is 2.67 bits per heavy atom. The fraction of sp³-hybridized carbons (Fsp3) is 0.381. The number of hydrogen-bond donors (Lipinski definition) is 1.